The van der Waals surface area contributed by atoms with E-state index in [2.05, 4.69) is 60.9 Å². The summed E-state index contributed by atoms with van der Waals surface area (Å²) in [6.07, 6.45) is 7.80. The molecule has 1 aromatic carbocycles. The van der Waals surface area contributed by atoms with Gasteiger partial charge in [0.25, 0.3) is 0 Å². The molecule has 0 amide bonds. The molecule has 1 aromatic heterocycles. The van der Waals surface area contributed by atoms with Crippen LogP contribution in [0.1, 0.15) is 48.1 Å². The normalized spacial score (nSPS) is 29.1. The van der Waals surface area contributed by atoms with Crippen LogP contribution in [0.2, 0.25) is 0 Å². The van der Waals surface area contributed by atoms with Gasteiger partial charge >= 0.3 is 0 Å². The van der Waals surface area contributed by atoms with Gasteiger partial charge in [0.1, 0.15) is 0 Å². The number of hydrogen-bond donors (Lipinski definition) is 1. The topological polar surface area (TPSA) is 41.3 Å². The summed E-state index contributed by atoms with van der Waals surface area (Å²) >= 11 is 0. The SMILES string of the molecule is C=Cn1cc(CN2[C@H]3CC[C@H]2CC(O)(c2ccc(C)cc2)C3)c(C)n1. The summed E-state index contributed by atoms with van der Waals surface area (Å²) in [5.41, 5.74) is 3.96. The van der Waals surface area contributed by atoms with Crippen molar-refractivity contribution in [3.05, 3.63) is 59.4 Å². The lowest BCUT2D eigenvalue weighted by Crippen LogP contribution is -2.49. The van der Waals surface area contributed by atoms with Gasteiger partial charge in [-0.3, -0.25) is 4.90 Å². The molecule has 25 heavy (non-hydrogen) atoms. The van der Waals surface area contributed by atoms with Crippen LogP contribution in [-0.2, 0) is 12.1 Å². The lowest BCUT2D eigenvalue weighted by atomic mass is 9.80. The largest absolute Gasteiger partial charge is 0.385 e. The van der Waals surface area contributed by atoms with E-state index in [0.29, 0.717) is 12.1 Å². The highest BCUT2D eigenvalue weighted by atomic mass is 16.3. The molecule has 4 rings (SSSR count). The van der Waals surface area contributed by atoms with Crippen LogP contribution in [0.5, 0.6) is 0 Å². The van der Waals surface area contributed by atoms with Gasteiger partial charge < -0.3 is 5.11 Å². The summed E-state index contributed by atoms with van der Waals surface area (Å²) in [5, 5.41) is 15.8. The number of aliphatic hydroxyl groups is 1. The maximum absolute atomic E-state index is 11.3. The van der Waals surface area contributed by atoms with Gasteiger partial charge in [-0.15, -0.1) is 0 Å². The molecule has 0 spiro atoms. The third-order valence-corrected chi connectivity index (χ3v) is 6.06. The first-order chi connectivity index (χ1) is 12.0. The Morgan fingerprint density at radius 1 is 1.20 bits per heavy atom. The Bertz CT molecular complexity index is 763. The maximum atomic E-state index is 11.3. The Kier molecular flexibility index (Phi) is 4.05. The number of rotatable bonds is 4. The first-order valence-electron chi connectivity index (χ1n) is 9.21. The minimum Gasteiger partial charge on any atom is -0.385 e. The van der Waals surface area contributed by atoms with E-state index in [1.807, 2.05) is 0 Å². The van der Waals surface area contributed by atoms with Gasteiger partial charge in [-0.25, -0.2) is 4.68 Å². The third kappa shape index (κ3) is 2.94. The predicted molar refractivity (Wildman–Crippen MR) is 100 cm³/mol. The van der Waals surface area contributed by atoms with Crippen LogP contribution >= 0.6 is 0 Å². The highest BCUT2D eigenvalue weighted by molar-refractivity contribution is 5.29. The minimum absolute atomic E-state index is 0.441. The third-order valence-electron chi connectivity index (χ3n) is 6.06. The van der Waals surface area contributed by atoms with Crippen molar-refractivity contribution in [2.75, 3.05) is 0 Å². The van der Waals surface area contributed by atoms with Crippen LogP contribution in [-0.4, -0.2) is 31.9 Å². The summed E-state index contributed by atoms with van der Waals surface area (Å²) in [7, 11) is 0. The zero-order valence-electron chi connectivity index (χ0n) is 15.2. The van der Waals surface area contributed by atoms with Crippen molar-refractivity contribution in [2.45, 2.75) is 63.8 Å². The van der Waals surface area contributed by atoms with Crippen molar-refractivity contribution in [1.82, 2.24) is 14.7 Å². The van der Waals surface area contributed by atoms with E-state index in [9.17, 15) is 5.11 Å². The van der Waals surface area contributed by atoms with E-state index in [-0.39, 0.29) is 0 Å². The second-order valence-corrected chi connectivity index (χ2v) is 7.77. The Hall–Kier alpha value is -1.91. The lowest BCUT2D eigenvalue weighted by Gasteiger charge is -2.44. The molecule has 2 bridgehead atoms. The van der Waals surface area contributed by atoms with Gasteiger partial charge in [0.2, 0.25) is 0 Å². The van der Waals surface area contributed by atoms with Crippen molar-refractivity contribution in [3.8, 4) is 0 Å². The minimum atomic E-state index is -0.684. The number of aryl methyl sites for hydroxylation is 2. The number of hydrogen-bond acceptors (Lipinski definition) is 3. The van der Waals surface area contributed by atoms with Crippen molar-refractivity contribution in [3.63, 3.8) is 0 Å². The molecule has 3 heterocycles. The number of fused-ring (bicyclic) bond motifs is 2. The molecular weight excluding hydrogens is 310 g/mol. The van der Waals surface area contributed by atoms with Gasteiger partial charge in [-0.2, -0.15) is 5.10 Å². The Morgan fingerprint density at radius 3 is 2.40 bits per heavy atom. The van der Waals surface area contributed by atoms with Crippen molar-refractivity contribution >= 4 is 6.20 Å². The molecule has 0 aliphatic carbocycles. The summed E-state index contributed by atoms with van der Waals surface area (Å²) in [6.45, 7) is 8.85. The summed E-state index contributed by atoms with van der Waals surface area (Å²) in [5.74, 6) is 0. The zero-order valence-corrected chi connectivity index (χ0v) is 15.2. The summed E-state index contributed by atoms with van der Waals surface area (Å²) in [6, 6.07) is 9.29. The molecule has 4 nitrogen and oxygen atoms in total. The molecular formula is C21H27N3O. The van der Waals surface area contributed by atoms with Gasteiger partial charge in [0.15, 0.2) is 0 Å². The molecule has 2 saturated heterocycles. The molecule has 2 aliphatic heterocycles. The molecule has 0 saturated carbocycles. The Balaban J connectivity index is 1.54. The zero-order chi connectivity index (χ0) is 17.6. The average molecular weight is 337 g/mol. The highest BCUT2D eigenvalue weighted by Crippen LogP contribution is 2.46. The van der Waals surface area contributed by atoms with Gasteiger partial charge in [-0.05, 0) is 45.1 Å². The lowest BCUT2D eigenvalue weighted by molar-refractivity contribution is -0.0595. The molecule has 2 fully saturated rings. The van der Waals surface area contributed by atoms with E-state index < -0.39 is 5.60 Å². The van der Waals surface area contributed by atoms with E-state index in [0.717, 1.165) is 30.6 Å². The van der Waals surface area contributed by atoms with Crippen LogP contribution in [0.15, 0.2) is 37.0 Å². The van der Waals surface area contributed by atoms with Crippen LogP contribution in [0, 0.1) is 13.8 Å². The summed E-state index contributed by atoms with van der Waals surface area (Å²) in [4.78, 5) is 2.58. The van der Waals surface area contributed by atoms with Crippen molar-refractivity contribution < 1.29 is 5.11 Å². The number of aromatic nitrogens is 2. The predicted octanol–water partition coefficient (Wildman–Crippen LogP) is 3.62. The van der Waals surface area contributed by atoms with E-state index in [1.165, 1.54) is 24.0 Å². The Labute approximate surface area is 149 Å². The highest BCUT2D eigenvalue weighted by Gasteiger charge is 2.48. The van der Waals surface area contributed by atoms with Crippen LogP contribution in [0.3, 0.4) is 0 Å². The first-order valence-corrected chi connectivity index (χ1v) is 9.21. The smallest absolute Gasteiger partial charge is 0.0926 e. The van der Waals surface area contributed by atoms with E-state index >= 15 is 0 Å². The standard InChI is InChI=1S/C21H27N3O/c1-4-23-13-17(16(3)22-23)14-24-19-9-10-20(24)12-21(25,11-19)18-7-5-15(2)6-8-18/h4-8,13,19-20,25H,1,9-12,14H2,2-3H3/t19-,20-/m0/s1. The Morgan fingerprint density at radius 2 is 1.84 bits per heavy atom. The fraction of sp³-hybridized carbons (Fsp3) is 0.476. The van der Waals surface area contributed by atoms with Gasteiger partial charge in [-0.1, -0.05) is 36.4 Å². The number of benzene rings is 1. The summed E-state index contributed by atoms with van der Waals surface area (Å²) < 4.78 is 1.79. The molecule has 2 aliphatic rings. The molecule has 132 valence electrons. The van der Waals surface area contributed by atoms with Gasteiger partial charge in [0.05, 0.1) is 11.3 Å². The second-order valence-electron chi connectivity index (χ2n) is 7.77. The quantitative estimate of drug-likeness (QED) is 0.926. The van der Waals surface area contributed by atoms with Crippen LogP contribution in [0.25, 0.3) is 6.20 Å². The molecule has 0 radical (unpaired) electrons. The van der Waals surface area contributed by atoms with E-state index in [1.54, 1.807) is 10.9 Å². The molecule has 2 atom stereocenters. The molecule has 2 aromatic rings. The molecule has 4 heteroatoms. The van der Waals surface area contributed by atoms with Crippen molar-refractivity contribution in [1.29, 1.82) is 0 Å². The monoisotopic (exact) mass is 337 g/mol. The second kappa shape index (κ2) is 6.11. The average Bonchev–Trinajstić information content (AvgIpc) is 3.06. The van der Waals surface area contributed by atoms with Gasteiger partial charge in [0, 0.05) is 36.6 Å². The number of piperidine rings is 1. The van der Waals surface area contributed by atoms with Crippen LogP contribution in [0.4, 0.5) is 0 Å². The first kappa shape index (κ1) is 16.6. The fourth-order valence-corrected chi connectivity index (χ4v) is 4.64. The molecule has 0 unspecified atom stereocenters. The molecule has 1 N–H and O–H groups in total. The van der Waals surface area contributed by atoms with Crippen LogP contribution < -0.4 is 0 Å². The number of nitrogens with zero attached hydrogens (tertiary/aromatic N) is 3. The maximum Gasteiger partial charge on any atom is 0.0926 e. The van der Waals surface area contributed by atoms with E-state index in [4.69, 9.17) is 0 Å². The van der Waals surface area contributed by atoms with Crippen molar-refractivity contribution in [2.24, 2.45) is 0 Å². The fourth-order valence-electron chi connectivity index (χ4n) is 4.64.